The van der Waals surface area contributed by atoms with Crippen molar-refractivity contribution >= 4 is 10.0 Å². The smallest absolute Gasteiger partial charge is 0.248 e. The molecule has 1 saturated heterocycles. The topological polar surface area (TPSA) is 87.7 Å². The van der Waals surface area contributed by atoms with Gasteiger partial charge in [-0.1, -0.05) is 17.7 Å². The summed E-state index contributed by atoms with van der Waals surface area (Å²) in [5, 5.41) is 13.6. The molecule has 2 fully saturated rings. The molecule has 152 valence electrons. The summed E-state index contributed by atoms with van der Waals surface area (Å²) in [7, 11) is -3.69. The maximum absolute atomic E-state index is 13.2. The Morgan fingerprint density at radius 1 is 1.22 bits per heavy atom. The van der Waals surface area contributed by atoms with Crippen LogP contribution in [0.25, 0.3) is 0 Å². The molecule has 6 nitrogen and oxygen atoms in total. The SMILES string of the molecule is Cc1ccc(S(=O)(=O)NC[C@H]2OC[C@@H](NC3CCC(F)(F)CC3)[C@@H]2O)cc1. The van der Waals surface area contributed by atoms with Crippen LogP contribution in [0, 0.1) is 6.92 Å². The van der Waals surface area contributed by atoms with Crippen molar-refractivity contribution in [3.8, 4) is 0 Å². The molecule has 0 amide bonds. The van der Waals surface area contributed by atoms with Crippen LogP contribution in [-0.2, 0) is 14.8 Å². The van der Waals surface area contributed by atoms with Crippen molar-refractivity contribution in [1.29, 1.82) is 0 Å². The Morgan fingerprint density at radius 3 is 2.48 bits per heavy atom. The Morgan fingerprint density at radius 2 is 1.85 bits per heavy atom. The Bertz CT molecular complexity index is 732. The van der Waals surface area contributed by atoms with E-state index in [2.05, 4.69) is 10.0 Å². The molecular formula is C18H26F2N2O4S. The monoisotopic (exact) mass is 404 g/mol. The van der Waals surface area contributed by atoms with Crippen LogP contribution in [0.15, 0.2) is 29.2 Å². The van der Waals surface area contributed by atoms with Gasteiger partial charge in [-0.2, -0.15) is 0 Å². The van der Waals surface area contributed by atoms with E-state index in [9.17, 15) is 22.3 Å². The summed E-state index contributed by atoms with van der Waals surface area (Å²) in [6, 6.07) is 5.98. The lowest BCUT2D eigenvalue weighted by atomic mass is 9.91. The number of aliphatic hydroxyl groups excluding tert-OH is 1. The number of hydrogen-bond donors (Lipinski definition) is 3. The molecule has 3 N–H and O–H groups in total. The predicted molar refractivity (Wildman–Crippen MR) is 96.2 cm³/mol. The van der Waals surface area contributed by atoms with E-state index in [-0.39, 0.29) is 36.9 Å². The van der Waals surface area contributed by atoms with Crippen LogP contribution < -0.4 is 10.0 Å². The summed E-state index contributed by atoms with van der Waals surface area (Å²) < 4.78 is 59.1. The second-order valence-electron chi connectivity index (χ2n) is 7.43. The minimum atomic E-state index is -3.69. The number of ether oxygens (including phenoxy) is 1. The highest BCUT2D eigenvalue weighted by Gasteiger charge is 2.40. The van der Waals surface area contributed by atoms with Crippen LogP contribution in [0.1, 0.15) is 31.2 Å². The Labute approximate surface area is 158 Å². The molecular weight excluding hydrogens is 378 g/mol. The summed E-state index contributed by atoms with van der Waals surface area (Å²) in [6.45, 7) is 2.02. The Balaban J connectivity index is 1.50. The van der Waals surface area contributed by atoms with Crippen LogP contribution in [0.2, 0.25) is 0 Å². The number of halogens is 2. The summed E-state index contributed by atoms with van der Waals surface area (Å²) in [4.78, 5) is 0.151. The highest BCUT2D eigenvalue weighted by Crippen LogP contribution is 2.33. The molecule has 1 aliphatic carbocycles. The molecule has 1 aromatic rings. The zero-order valence-electron chi connectivity index (χ0n) is 15.2. The molecule has 0 spiro atoms. The van der Waals surface area contributed by atoms with E-state index < -0.39 is 34.2 Å². The van der Waals surface area contributed by atoms with Gasteiger partial charge in [0.1, 0.15) is 0 Å². The molecule has 9 heteroatoms. The van der Waals surface area contributed by atoms with Crippen molar-refractivity contribution in [2.45, 2.75) is 67.7 Å². The van der Waals surface area contributed by atoms with E-state index in [1.165, 1.54) is 12.1 Å². The molecule has 2 aliphatic rings. The molecule has 1 saturated carbocycles. The maximum atomic E-state index is 13.2. The van der Waals surface area contributed by atoms with E-state index >= 15 is 0 Å². The average molecular weight is 404 g/mol. The Kier molecular flexibility index (Phi) is 6.17. The van der Waals surface area contributed by atoms with E-state index in [1.54, 1.807) is 12.1 Å². The van der Waals surface area contributed by atoms with Crippen LogP contribution in [-0.4, -0.2) is 56.9 Å². The van der Waals surface area contributed by atoms with Gasteiger partial charge in [-0.25, -0.2) is 21.9 Å². The lowest BCUT2D eigenvalue weighted by Crippen LogP contribution is -2.49. The molecule has 3 atom stereocenters. The fourth-order valence-corrected chi connectivity index (χ4v) is 4.56. The van der Waals surface area contributed by atoms with Gasteiger partial charge in [0, 0.05) is 25.4 Å². The van der Waals surface area contributed by atoms with Crippen LogP contribution in [0.3, 0.4) is 0 Å². The number of hydrogen-bond acceptors (Lipinski definition) is 5. The normalized spacial score (nSPS) is 29.1. The summed E-state index contributed by atoms with van der Waals surface area (Å²) in [5.74, 6) is -2.60. The molecule has 0 aromatic heterocycles. The minimum Gasteiger partial charge on any atom is -0.389 e. The molecule has 0 bridgehead atoms. The second-order valence-corrected chi connectivity index (χ2v) is 9.20. The number of alkyl halides is 2. The lowest BCUT2D eigenvalue weighted by molar-refractivity contribution is -0.0421. The molecule has 1 aliphatic heterocycles. The Hall–Kier alpha value is -1.13. The third kappa shape index (κ3) is 5.23. The fourth-order valence-electron chi connectivity index (χ4n) is 3.51. The number of aliphatic hydroxyl groups is 1. The van der Waals surface area contributed by atoms with Gasteiger partial charge in [-0.05, 0) is 31.9 Å². The highest BCUT2D eigenvalue weighted by molar-refractivity contribution is 7.89. The van der Waals surface area contributed by atoms with Crippen molar-refractivity contribution in [3.05, 3.63) is 29.8 Å². The molecule has 0 unspecified atom stereocenters. The largest absolute Gasteiger partial charge is 0.389 e. The van der Waals surface area contributed by atoms with Gasteiger partial charge in [0.05, 0.1) is 29.8 Å². The van der Waals surface area contributed by atoms with Crippen LogP contribution >= 0.6 is 0 Å². The van der Waals surface area contributed by atoms with Gasteiger partial charge < -0.3 is 15.2 Å². The van der Waals surface area contributed by atoms with Crippen molar-refractivity contribution in [3.63, 3.8) is 0 Å². The molecule has 1 aromatic carbocycles. The molecule has 3 rings (SSSR count). The summed E-state index contributed by atoms with van der Waals surface area (Å²) in [6.07, 6.45) is -1.22. The van der Waals surface area contributed by atoms with Gasteiger partial charge in [0.2, 0.25) is 15.9 Å². The van der Waals surface area contributed by atoms with Crippen LogP contribution in [0.5, 0.6) is 0 Å². The first-order valence-corrected chi connectivity index (χ1v) is 10.6. The number of nitrogens with one attached hydrogen (secondary N) is 2. The molecule has 27 heavy (non-hydrogen) atoms. The zero-order chi connectivity index (χ0) is 19.7. The summed E-state index contributed by atoms with van der Waals surface area (Å²) in [5.41, 5.74) is 0.956. The quantitative estimate of drug-likeness (QED) is 0.670. The first kappa shape index (κ1) is 20.6. The van der Waals surface area contributed by atoms with Crippen molar-refractivity contribution in [1.82, 2.24) is 10.0 Å². The van der Waals surface area contributed by atoms with Gasteiger partial charge in [0.15, 0.2) is 0 Å². The molecule has 1 heterocycles. The first-order chi connectivity index (χ1) is 12.7. The minimum absolute atomic E-state index is 0.0572. The van der Waals surface area contributed by atoms with E-state index in [0.29, 0.717) is 12.8 Å². The zero-order valence-corrected chi connectivity index (χ0v) is 16.0. The molecule has 0 radical (unpaired) electrons. The van der Waals surface area contributed by atoms with Gasteiger partial charge in [-0.15, -0.1) is 0 Å². The summed E-state index contributed by atoms with van der Waals surface area (Å²) >= 11 is 0. The highest BCUT2D eigenvalue weighted by atomic mass is 32.2. The van der Waals surface area contributed by atoms with E-state index in [4.69, 9.17) is 4.74 Å². The predicted octanol–water partition coefficient (Wildman–Crippen LogP) is 1.57. The lowest BCUT2D eigenvalue weighted by Gasteiger charge is -2.31. The fraction of sp³-hybridized carbons (Fsp3) is 0.667. The number of aryl methyl sites for hydroxylation is 1. The van der Waals surface area contributed by atoms with Crippen molar-refractivity contribution in [2.75, 3.05) is 13.2 Å². The number of rotatable bonds is 6. The standard InChI is InChI=1S/C18H26F2N2O4S/c1-12-2-4-14(5-3-12)27(24,25)21-10-16-17(23)15(11-26-16)22-13-6-8-18(19,20)9-7-13/h2-5,13,15-17,21-23H,6-11H2,1H3/t15-,16-,17+/m1/s1. The van der Waals surface area contributed by atoms with Gasteiger partial charge in [0.25, 0.3) is 0 Å². The first-order valence-electron chi connectivity index (χ1n) is 9.16. The van der Waals surface area contributed by atoms with E-state index in [0.717, 1.165) is 5.56 Å². The van der Waals surface area contributed by atoms with E-state index in [1.807, 2.05) is 6.92 Å². The van der Waals surface area contributed by atoms with Crippen LogP contribution in [0.4, 0.5) is 8.78 Å². The number of sulfonamides is 1. The van der Waals surface area contributed by atoms with Gasteiger partial charge in [-0.3, -0.25) is 0 Å². The van der Waals surface area contributed by atoms with Crippen molar-refractivity contribution in [2.24, 2.45) is 0 Å². The number of benzene rings is 1. The second kappa shape index (κ2) is 8.08. The third-order valence-electron chi connectivity index (χ3n) is 5.26. The third-order valence-corrected chi connectivity index (χ3v) is 6.70. The maximum Gasteiger partial charge on any atom is 0.248 e. The average Bonchev–Trinajstić information content (AvgIpc) is 2.95. The van der Waals surface area contributed by atoms with Crippen molar-refractivity contribution < 1.29 is 27.0 Å². The van der Waals surface area contributed by atoms with Gasteiger partial charge >= 0.3 is 0 Å².